The standard InChI is InChI=1S/C17H15FN6/c1-11-6-7-13-17(20-11)23(2)16(21-13)10-12-8-9-19-24(12)15-5-3-4-14(18)22-15/h3-9H,10H2,1-2H3. The number of aromatic nitrogens is 6. The molecule has 6 nitrogen and oxygen atoms in total. The summed E-state index contributed by atoms with van der Waals surface area (Å²) < 4.78 is 17.0. The first-order valence-corrected chi connectivity index (χ1v) is 7.56. The molecular weight excluding hydrogens is 307 g/mol. The lowest BCUT2D eigenvalue weighted by molar-refractivity contribution is 0.576. The van der Waals surface area contributed by atoms with Crippen LogP contribution in [0.15, 0.2) is 42.6 Å². The van der Waals surface area contributed by atoms with Crippen molar-refractivity contribution in [3.05, 3.63) is 65.8 Å². The number of aryl methyl sites for hydroxylation is 2. The first-order valence-electron chi connectivity index (χ1n) is 7.56. The molecule has 0 aromatic carbocycles. The number of rotatable bonds is 3. The van der Waals surface area contributed by atoms with Gasteiger partial charge in [0.2, 0.25) is 5.95 Å². The SMILES string of the molecule is Cc1ccc2nc(Cc3ccnn3-c3cccc(F)n3)n(C)c2n1. The van der Waals surface area contributed by atoms with Gasteiger partial charge in [-0.15, -0.1) is 0 Å². The molecule has 0 spiro atoms. The average molecular weight is 322 g/mol. The lowest BCUT2D eigenvalue weighted by Gasteiger charge is -2.07. The fourth-order valence-corrected chi connectivity index (χ4v) is 2.71. The molecule has 0 saturated carbocycles. The monoisotopic (exact) mass is 322 g/mol. The first-order chi connectivity index (χ1) is 11.6. The number of nitrogens with zero attached hydrogens (tertiary/aromatic N) is 6. The molecule has 0 unspecified atom stereocenters. The van der Waals surface area contributed by atoms with E-state index < -0.39 is 5.95 Å². The van der Waals surface area contributed by atoms with Gasteiger partial charge in [0.05, 0.1) is 5.69 Å². The Kier molecular flexibility index (Phi) is 3.34. The molecule has 0 N–H and O–H groups in total. The fourth-order valence-electron chi connectivity index (χ4n) is 2.71. The van der Waals surface area contributed by atoms with Crippen LogP contribution in [-0.2, 0) is 13.5 Å². The molecule has 0 saturated heterocycles. The maximum Gasteiger partial charge on any atom is 0.214 e. The fraction of sp³-hybridized carbons (Fsp3) is 0.176. The van der Waals surface area contributed by atoms with E-state index >= 15 is 0 Å². The number of fused-ring (bicyclic) bond motifs is 1. The van der Waals surface area contributed by atoms with E-state index in [9.17, 15) is 4.39 Å². The molecule has 4 rings (SSSR count). The predicted octanol–water partition coefficient (Wildman–Crippen LogP) is 2.59. The molecule has 0 radical (unpaired) electrons. The Bertz CT molecular complexity index is 1030. The van der Waals surface area contributed by atoms with Crippen LogP contribution in [-0.4, -0.2) is 29.3 Å². The van der Waals surface area contributed by atoms with Crippen LogP contribution < -0.4 is 0 Å². The number of hydrogen-bond donors (Lipinski definition) is 0. The van der Waals surface area contributed by atoms with Crippen LogP contribution in [0.2, 0.25) is 0 Å². The minimum absolute atomic E-state index is 0.447. The Hall–Kier alpha value is -3.09. The van der Waals surface area contributed by atoms with Crippen molar-refractivity contribution >= 4 is 11.2 Å². The summed E-state index contributed by atoms with van der Waals surface area (Å²) in [6, 6.07) is 10.4. The molecule has 0 bridgehead atoms. The van der Waals surface area contributed by atoms with E-state index in [1.165, 1.54) is 6.07 Å². The number of imidazole rings is 1. The maximum absolute atomic E-state index is 13.4. The van der Waals surface area contributed by atoms with E-state index in [0.717, 1.165) is 28.4 Å². The van der Waals surface area contributed by atoms with Gasteiger partial charge in [0.15, 0.2) is 11.5 Å². The Morgan fingerprint density at radius 2 is 1.92 bits per heavy atom. The van der Waals surface area contributed by atoms with Crippen molar-refractivity contribution < 1.29 is 4.39 Å². The van der Waals surface area contributed by atoms with Crippen molar-refractivity contribution in [1.29, 1.82) is 0 Å². The van der Waals surface area contributed by atoms with Gasteiger partial charge in [-0.1, -0.05) is 6.07 Å². The average Bonchev–Trinajstić information content (AvgIpc) is 3.14. The maximum atomic E-state index is 13.4. The zero-order valence-corrected chi connectivity index (χ0v) is 13.3. The largest absolute Gasteiger partial charge is 0.316 e. The molecule has 0 aliphatic carbocycles. The van der Waals surface area contributed by atoms with Crippen LogP contribution in [0.4, 0.5) is 4.39 Å². The minimum Gasteiger partial charge on any atom is -0.316 e. The second-order valence-corrected chi connectivity index (χ2v) is 5.61. The third-order valence-corrected chi connectivity index (χ3v) is 3.93. The second-order valence-electron chi connectivity index (χ2n) is 5.61. The molecule has 24 heavy (non-hydrogen) atoms. The van der Waals surface area contributed by atoms with Crippen molar-refractivity contribution in [2.24, 2.45) is 7.05 Å². The summed E-state index contributed by atoms with van der Waals surface area (Å²) in [4.78, 5) is 13.1. The molecule has 0 aliphatic heterocycles. The van der Waals surface area contributed by atoms with E-state index in [4.69, 9.17) is 0 Å². The van der Waals surface area contributed by atoms with Crippen molar-refractivity contribution in [2.75, 3.05) is 0 Å². The third kappa shape index (κ3) is 2.44. The van der Waals surface area contributed by atoms with Crippen molar-refractivity contribution in [1.82, 2.24) is 29.3 Å². The summed E-state index contributed by atoms with van der Waals surface area (Å²) in [5, 5.41) is 4.26. The first kappa shape index (κ1) is 14.5. The van der Waals surface area contributed by atoms with Gasteiger partial charge < -0.3 is 4.57 Å². The Morgan fingerprint density at radius 1 is 1.04 bits per heavy atom. The minimum atomic E-state index is -0.531. The van der Waals surface area contributed by atoms with E-state index in [-0.39, 0.29) is 0 Å². The highest BCUT2D eigenvalue weighted by Crippen LogP contribution is 2.17. The lowest BCUT2D eigenvalue weighted by atomic mass is 10.3. The van der Waals surface area contributed by atoms with Gasteiger partial charge in [0.25, 0.3) is 0 Å². The van der Waals surface area contributed by atoms with Gasteiger partial charge in [-0.3, -0.25) is 0 Å². The topological polar surface area (TPSA) is 61.4 Å². The molecule has 120 valence electrons. The molecular formula is C17H15FN6. The third-order valence-electron chi connectivity index (χ3n) is 3.93. The molecule has 7 heteroatoms. The Labute approximate surface area is 137 Å². The molecule has 0 atom stereocenters. The van der Waals surface area contributed by atoms with Crippen LogP contribution in [0.3, 0.4) is 0 Å². The van der Waals surface area contributed by atoms with Crippen molar-refractivity contribution in [3.8, 4) is 5.82 Å². The van der Waals surface area contributed by atoms with Crippen molar-refractivity contribution in [2.45, 2.75) is 13.3 Å². The van der Waals surface area contributed by atoms with Crippen molar-refractivity contribution in [3.63, 3.8) is 0 Å². The van der Waals surface area contributed by atoms with Gasteiger partial charge in [0, 0.05) is 25.4 Å². The summed E-state index contributed by atoms with van der Waals surface area (Å²) in [6.45, 7) is 1.96. The molecule has 0 fully saturated rings. The highest BCUT2D eigenvalue weighted by atomic mass is 19.1. The summed E-state index contributed by atoms with van der Waals surface area (Å²) in [5.41, 5.74) is 3.53. The number of pyridine rings is 2. The van der Waals surface area contributed by atoms with Gasteiger partial charge in [-0.05, 0) is 37.3 Å². The van der Waals surface area contributed by atoms with Gasteiger partial charge in [-0.25, -0.2) is 19.6 Å². The summed E-state index contributed by atoms with van der Waals surface area (Å²) in [7, 11) is 1.94. The van der Waals surface area contributed by atoms with E-state index in [2.05, 4.69) is 20.1 Å². The zero-order chi connectivity index (χ0) is 16.7. The quantitative estimate of drug-likeness (QED) is 0.544. The molecule has 0 aliphatic rings. The highest BCUT2D eigenvalue weighted by molar-refractivity contribution is 5.71. The van der Waals surface area contributed by atoms with Crippen LogP contribution >= 0.6 is 0 Å². The lowest BCUT2D eigenvalue weighted by Crippen LogP contribution is -2.08. The number of halogens is 1. The predicted molar refractivity (Wildman–Crippen MR) is 87.4 cm³/mol. The molecule has 4 aromatic heterocycles. The van der Waals surface area contributed by atoms with Gasteiger partial charge in [0.1, 0.15) is 11.3 Å². The summed E-state index contributed by atoms with van der Waals surface area (Å²) in [6.07, 6.45) is 2.22. The van der Waals surface area contributed by atoms with Crippen LogP contribution in [0, 0.1) is 12.9 Å². The van der Waals surface area contributed by atoms with Crippen LogP contribution in [0.5, 0.6) is 0 Å². The molecule has 4 aromatic rings. The Balaban J connectivity index is 1.75. The highest BCUT2D eigenvalue weighted by Gasteiger charge is 2.13. The Morgan fingerprint density at radius 3 is 2.75 bits per heavy atom. The normalized spacial score (nSPS) is 11.3. The molecule has 0 amide bonds. The zero-order valence-electron chi connectivity index (χ0n) is 13.3. The summed E-state index contributed by atoms with van der Waals surface area (Å²) in [5.74, 6) is 0.778. The van der Waals surface area contributed by atoms with Gasteiger partial charge in [-0.2, -0.15) is 9.49 Å². The second kappa shape index (κ2) is 5.52. The molecule has 4 heterocycles. The van der Waals surface area contributed by atoms with E-state index in [0.29, 0.717) is 12.2 Å². The van der Waals surface area contributed by atoms with Crippen LogP contribution in [0.1, 0.15) is 17.2 Å². The summed E-state index contributed by atoms with van der Waals surface area (Å²) >= 11 is 0. The van der Waals surface area contributed by atoms with E-state index in [1.807, 2.05) is 36.7 Å². The van der Waals surface area contributed by atoms with Gasteiger partial charge >= 0.3 is 0 Å². The smallest absolute Gasteiger partial charge is 0.214 e. The van der Waals surface area contributed by atoms with E-state index in [1.54, 1.807) is 23.0 Å². The van der Waals surface area contributed by atoms with Crippen LogP contribution in [0.25, 0.3) is 17.0 Å². The number of hydrogen-bond acceptors (Lipinski definition) is 4.